The second-order valence-corrected chi connectivity index (χ2v) is 6.11. The first-order chi connectivity index (χ1) is 9.10. The van der Waals surface area contributed by atoms with Crippen LogP contribution in [0.1, 0.15) is 65.2 Å². The molecule has 3 unspecified atom stereocenters. The second kappa shape index (κ2) is 8.39. The molecule has 0 aromatic carbocycles. The quantitative estimate of drug-likeness (QED) is 0.543. The summed E-state index contributed by atoms with van der Waals surface area (Å²) in [6.07, 6.45) is 12.2. The Balaban J connectivity index is 0.000000224. The van der Waals surface area contributed by atoms with Crippen LogP contribution in [0.4, 0.5) is 0 Å². The van der Waals surface area contributed by atoms with E-state index in [2.05, 4.69) is 18.2 Å². The molecule has 2 aliphatic carbocycles. The minimum absolute atomic E-state index is 0.347. The van der Waals surface area contributed by atoms with Crippen molar-refractivity contribution >= 4 is 5.97 Å². The van der Waals surface area contributed by atoms with Crippen molar-refractivity contribution in [3.05, 3.63) is 12.2 Å². The Labute approximate surface area is 118 Å². The van der Waals surface area contributed by atoms with Gasteiger partial charge in [-0.25, -0.2) is 4.79 Å². The lowest BCUT2D eigenvalue weighted by Gasteiger charge is -2.17. The smallest absolute Gasteiger partial charge is 0.332 e. The van der Waals surface area contributed by atoms with Gasteiger partial charge in [-0.05, 0) is 43.9 Å². The molecule has 2 saturated carbocycles. The van der Waals surface area contributed by atoms with E-state index in [-0.39, 0.29) is 5.97 Å². The molecule has 0 heterocycles. The lowest BCUT2D eigenvalue weighted by Crippen LogP contribution is -2.08. The van der Waals surface area contributed by atoms with Gasteiger partial charge in [0.15, 0.2) is 0 Å². The van der Waals surface area contributed by atoms with Crippen LogP contribution in [0, 0.1) is 17.8 Å². The number of carbonyl (C=O) groups is 1. The van der Waals surface area contributed by atoms with E-state index in [1.54, 1.807) is 32.6 Å². The summed E-state index contributed by atoms with van der Waals surface area (Å²) in [5.74, 6) is 3.11. The van der Waals surface area contributed by atoms with Gasteiger partial charge in [0.25, 0.3) is 0 Å². The van der Waals surface area contributed by atoms with Crippen molar-refractivity contribution in [3.8, 4) is 0 Å². The molecule has 0 radical (unpaired) electrons. The first-order valence-electron chi connectivity index (χ1n) is 7.84. The largest absolute Gasteiger partial charge is 0.466 e. The molecule has 2 fully saturated rings. The Kier molecular flexibility index (Phi) is 7.19. The zero-order chi connectivity index (χ0) is 14.3. The number of methoxy groups -OCH3 is 1. The van der Waals surface area contributed by atoms with Crippen LogP contribution in [0.2, 0.25) is 0 Å². The van der Waals surface area contributed by atoms with Crippen LogP contribution in [-0.2, 0) is 9.53 Å². The molecule has 0 aromatic rings. The fourth-order valence-corrected chi connectivity index (χ4v) is 3.69. The Morgan fingerprint density at radius 3 is 2.53 bits per heavy atom. The van der Waals surface area contributed by atoms with Crippen LogP contribution < -0.4 is 0 Å². The molecule has 2 heteroatoms. The van der Waals surface area contributed by atoms with Gasteiger partial charge in [0, 0.05) is 5.57 Å². The normalized spacial score (nSPS) is 28.3. The van der Waals surface area contributed by atoms with E-state index in [0.29, 0.717) is 5.57 Å². The average Bonchev–Trinajstić information content (AvgIpc) is 2.99. The van der Waals surface area contributed by atoms with Gasteiger partial charge in [-0.2, -0.15) is 0 Å². The van der Waals surface area contributed by atoms with Crippen molar-refractivity contribution in [2.75, 3.05) is 7.11 Å². The monoisotopic (exact) mass is 266 g/mol. The first-order valence-corrected chi connectivity index (χ1v) is 7.84. The second-order valence-electron chi connectivity index (χ2n) is 6.11. The van der Waals surface area contributed by atoms with Crippen LogP contribution >= 0.6 is 0 Å². The van der Waals surface area contributed by atoms with Gasteiger partial charge in [0.05, 0.1) is 7.11 Å². The van der Waals surface area contributed by atoms with Gasteiger partial charge in [0.2, 0.25) is 0 Å². The zero-order valence-corrected chi connectivity index (χ0v) is 12.9. The Morgan fingerprint density at radius 1 is 1.26 bits per heavy atom. The first kappa shape index (κ1) is 16.3. The summed E-state index contributed by atoms with van der Waals surface area (Å²) in [6, 6.07) is 0. The van der Waals surface area contributed by atoms with E-state index >= 15 is 0 Å². The summed E-state index contributed by atoms with van der Waals surface area (Å²) < 4.78 is 4.27. The molecule has 110 valence electrons. The van der Waals surface area contributed by atoms with Crippen molar-refractivity contribution in [2.24, 2.45) is 17.8 Å². The summed E-state index contributed by atoms with van der Waals surface area (Å²) in [7, 11) is 1.33. The maximum atomic E-state index is 10.2. The molecule has 0 aromatic heterocycles. The number of ether oxygens (including phenoxy) is 1. The SMILES string of the molecule is C=C(C)C(=O)OC.CCCCC1CCC2CCCC12. The predicted octanol–water partition coefficient (Wildman–Crippen LogP) is 4.74. The maximum Gasteiger partial charge on any atom is 0.332 e. The average molecular weight is 266 g/mol. The molecular formula is C17H30O2. The van der Waals surface area contributed by atoms with Gasteiger partial charge in [0.1, 0.15) is 0 Å². The highest BCUT2D eigenvalue weighted by Crippen LogP contribution is 2.49. The number of hydrogen-bond acceptors (Lipinski definition) is 2. The number of fused-ring (bicyclic) bond motifs is 1. The molecule has 0 spiro atoms. The topological polar surface area (TPSA) is 26.3 Å². The Bertz CT molecular complexity index is 296. The molecule has 2 nitrogen and oxygen atoms in total. The summed E-state index contributed by atoms with van der Waals surface area (Å²) >= 11 is 0. The minimum Gasteiger partial charge on any atom is -0.466 e. The van der Waals surface area contributed by atoms with E-state index in [9.17, 15) is 4.79 Å². The lowest BCUT2D eigenvalue weighted by molar-refractivity contribution is -0.136. The van der Waals surface area contributed by atoms with Gasteiger partial charge >= 0.3 is 5.97 Å². The molecule has 2 rings (SSSR count). The predicted molar refractivity (Wildman–Crippen MR) is 79.9 cm³/mol. The van der Waals surface area contributed by atoms with Crippen molar-refractivity contribution in [1.82, 2.24) is 0 Å². The van der Waals surface area contributed by atoms with Gasteiger partial charge in [-0.3, -0.25) is 0 Å². The molecule has 0 saturated heterocycles. The highest BCUT2D eigenvalue weighted by molar-refractivity contribution is 5.86. The van der Waals surface area contributed by atoms with Crippen LogP contribution in [-0.4, -0.2) is 13.1 Å². The van der Waals surface area contributed by atoms with E-state index in [0.717, 1.165) is 17.8 Å². The zero-order valence-electron chi connectivity index (χ0n) is 12.9. The molecule has 0 bridgehead atoms. The van der Waals surface area contributed by atoms with Crippen molar-refractivity contribution < 1.29 is 9.53 Å². The van der Waals surface area contributed by atoms with E-state index in [1.807, 2.05) is 0 Å². The molecular weight excluding hydrogens is 236 g/mol. The highest BCUT2D eigenvalue weighted by Gasteiger charge is 2.38. The fourth-order valence-electron chi connectivity index (χ4n) is 3.69. The third kappa shape index (κ3) is 5.00. The molecule has 0 N–H and O–H groups in total. The maximum absolute atomic E-state index is 10.2. The molecule has 3 atom stereocenters. The third-order valence-electron chi connectivity index (χ3n) is 4.69. The molecule has 2 aliphatic rings. The summed E-state index contributed by atoms with van der Waals surface area (Å²) in [5.41, 5.74) is 0.433. The Hall–Kier alpha value is -0.790. The van der Waals surface area contributed by atoms with Crippen LogP contribution in [0.3, 0.4) is 0 Å². The van der Waals surface area contributed by atoms with E-state index < -0.39 is 0 Å². The van der Waals surface area contributed by atoms with Crippen LogP contribution in [0.15, 0.2) is 12.2 Å². The van der Waals surface area contributed by atoms with Crippen molar-refractivity contribution in [2.45, 2.75) is 65.2 Å². The number of esters is 1. The Morgan fingerprint density at radius 2 is 2.00 bits per heavy atom. The van der Waals surface area contributed by atoms with Crippen molar-refractivity contribution in [1.29, 1.82) is 0 Å². The van der Waals surface area contributed by atoms with E-state index in [1.165, 1.54) is 32.8 Å². The fraction of sp³-hybridized carbons (Fsp3) is 0.824. The lowest BCUT2D eigenvalue weighted by atomic mass is 9.88. The van der Waals surface area contributed by atoms with Crippen molar-refractivity contribution in [3.63, 3.8) is 0 Å². The van der Waals surface area contributed by atoms with Gasteiger partial charge < -0.3 is 4.74 Å². The molecule has 19 heavy (non-hydrogen) atoms. The number of rotatable bonds is 4. The number of unbranched alkanes of at least 4 members (excludes halogenated alkanes) is 1. The third-order valence-corrected chi connectivity index (χ3v) is 4.69. The van der Waals surface area contributed by atoms with Gasteiger partial charge in [-0.15, -0.1) is 0 Å². The standard InChI is InChI=1S/C12H22.C5H8O2/c1-2-3-5-10-8-9-11-6-4-7-12(10)11;1-4(2)5(6)7-3/h10-12H,2-9H2,1H3;1H2,2-3H3. The highest BCUT2D eigenvalue weighted by atomic mass is 16.5. The molecule has 0 amide bonds. The number of hydrogen-bond donors (Lipinski definition) is 0. The van der Waals surface area contributed by atoms with Gasteiger partial charge in [-0.1, -0.05) is 45.6 Å². The number of carbonyl (C=O) groups excluding carboxylic acids is 1. The summed E-state index contributed by atoms with van der Waals surface area (Å²) in [6.45, 7) is 7.27. The van der Waals surface area contributed by atoms with Crippen LogP contribution in [0.25, 0.3) is 0 Å². The van der Waals surface area contributed by atoms with E-state index in [4.69, 9.17) is 0 Å². The minimum atomic E-state index is -0.347. The van der Waals surface area contributed by atoms with Crippen LogP contribution in [0.5, 0.6) is 0 Å². The summed E-state index contributed by atoms with van der Waals surface area (Å²) in [5, 5.41) is 0. The molecule has 0 aliphatic heterocycles. The summed E-state index contributed by atoms with van der Waals surface area (Å²) in [4.78, 5) is 10.2.